The third kappa shape index (κ3) is 2.92. The first-order valence-corrected chi connectivity index (χ1v) is 7.31. The van der Waals surface area contributed by atoms with Crippen LogP contribution < -0.4 is 0 Å². The molecule has 0 N–H and O–H groups in total. The van der Waals surface area contributed by atoms with Crippen molar-refractivity contribution in [1.29, 1.82) is 0 Å². The molecule has 0 atom stereocenters. The van der Waals surface area contributed by atoms with E-state index in [1.165, 1.54) is 22.3 Å². The Hall–Kier alpha value is -1.64. The summed E-state index contributed by atoms with van der Waals surface area (Å²) in [5.74, 6) is 0. The lowest BCUT2D eigenvalue weighted by Crippen LogP contribution is -1.80. The van der Waals surface area contributed by atoms with Gasteiger partial charge in [-0.15, -0.1) is 25.3 Å². The van der Waals surface area contributed by atoms with Crippen LogP contribution >= 0.6 is 25.3 Å². The van der Waals surface area contributed by atoms with E-state index in [2.05, 4.69) is 73.8 Å². The zero-order valence-electron chi connectivity index (χ0n) is 10.8. The van der Waals surface area contributed by atoms with Crippen LogP contribution in [0.3, 0.4) is 0 Å². The van der Waals surface area contributed by atoms with Gasteiger partial charge in [-0.3, -0.25) is 0 Å². The first kappa shape index (κ1) is 13.3. The third-order valence-electron chi connectivity index (χ3n) is 3.29. The second kappa shape index (κ2) is 5.78. The zero-order chi connectivity index (χ0) is 13.9. The zero-order valence-corrected chi connectivity index (χ0v) is 12.6. The number of rotatable bonds is 2. The van der Waals surface area contributed by atoms with Crippen molar-refractivity contribution < 1.29 is 0 Å². The first-order valence-electron chi connectivity index (χ1n) is 6.41. The Morgan fingerprint density at radius 3 is 0.800 bits per heavy atom. The normalized spacial score (nSPS) is 10.5. The van der Waals surface area contributed by atoms with Crippen LogP contribution in [-0.4, -0.2) is 0 Å². The molecule has 0 saturated carbocycles. The minimum Gasteiger partial charge on any atom is -0.143 e. The topological polar surface area (TPSA) is 0 Å². The Labute approximate surface area is 130 Å². The molecule has 0 aliphatic rings. The molecule has 2 heteroatoms. The molecule has 3 rings (SSSR count). The number of thiol groups is 2. The predicted octanol–water partition coefficient (Wildman–Crippen LogP) is 5.60. The van der Waals surface area contributed by atoms with Crippen molar-refractivity contribution in [3.63, 3.8) is 0 Å². The summed E-state index contributed by atoms with van der Waals surface area (Å²) < 4.78 is 0. The van der Waals surface area contributed by atoms with Gasteiger partial charge in [0, 0.05) is 9.79 Å². The van der Waals surface area contributed by atoms with E-state index < -0.39 is 0 Å². The minimum absolute atomic E-state index is 0.984. The highest BCUT2D eigenvalue weighted by atomic mass is 32.1. The van der Waals surface area contributed by atoms with Gasteiger partial charge in [-0.1, -0.05) is 48.5 Å². The molecular weight excluding hydrogens is 280 g/mol. The summed E-state index contributed by atoms with van der Waals surface area (Å²) in [6, 6.07) is 25.0. The summed E-state index contributed by atoms with van der Waals surface area (Å²) in [6.45, 7) is 0. The maximum Gasteiger partial charge on any atom is 0.00404 e. The fourth-order valence-electron chi connectivity index (χ4n) is 2.16. The average Bonchev–Trinajstić information content (AvgIpc) is 2.49. The number of hydrogen-bond donors (Lipinski definition) is 2. The van der Waals surface area contributed by atoms with E-state index in [4.69, 9.17) is 0 Å². The molecule has 0 aromatic heterocycles. The van der Waals surface area contributed by atoms with E-state index >= 15 is 0 Å². The van der Waals surface area contributed by atoms with Gasteiger partial charge in [-0.25, -0.2) is 0 Å². The van der Waals surface area contributed by atoms with Crippen LogP contribution in [0.4, 0.5) is 0 Å². The third-order valence-corrected chi connectivity index (χ3v) is 3.88. The average molecular weight is 294 g/mol. The quantitative estimate of drug-likeness (QED) is 0.565. The Morgan fingerprint density at radius 1 is 0.350 bits per heavy atom. The Morgan fingerprint density at radius 2 is 0.550 bits per heavy atom. The van der Waals surface area contributed by atoms with Crippen molar-refractivity contribution >= 4 is 25.3 Å². The first-order chi connectivity index (χ1) is 9.72. The van der Waals surface area contributed by atoms with Crippen molar-refractivity contribution in [2.24, 2.45) is 0 Å². The molecule has 0 amide bonds. The summed E-state index contributed by atoms with van der Waals surface area (Å²) >= 11 is 8.62. The molecule has 0 bridgehead atoms. The predicted molar refractivity (Wildman–Crippen MR) is 91.8 cm³/mol. The van der Waals surface area contributed by atoms with Crippen molar-refractivity contribution in [2.45, 2.75) is 9.79 Å². The smallest absolute Gasteiger partial charge is 0.00404 e. The van der Waals surface area contributed by atoms with E-state index in [1.54, 1.807) is 0 Å². The maximum atomic E-state index is 4.31. The van der Waals surface area contributed by atoms with Gasteiger partial charge in [0.05, 0.1) is 0 Å². The van der Waals surface area contributed by atoms with Crippen LogP contribution in [0.25, 0.3) is 22.3 Å². The van der Waals surface area contributed by atoms with Crippen molar-refractivity contribution in [2.75, 3.05) is 0 Å². The van der Waals surface area contributed by atoms with E-state index in [1.807, 2.05) is 24.3 Å². The molecule has 0 nitrogen and oxygen atoms in total. The summed E-state index contributed by atoms with van der Waals surface area (Å²) in [5, 5.41) is 0. The van der Waals surface area contributed by atoms with Gasteiger partial charge in [0.15, 0.2) is 0 Å². The lowest BCUT2D eigenvalue weighted by Gasteiger charge is -2.05. The largest absolute Gasteiger partial charge is 0.143 e. The fraction of sp³-hybridized carbons (Fsp3) is 0. The summed E-state index contributed by atoms with van der Waals surface area (Å²) in [6.07, 6.45) is 0. The minimum atomic E-state index is 0.984. The maximum absolute atomic E-state index is 4.31. The van der Waals surface area contributed by atoms with Crippen LogP contribution in [0.2, 0.25) is 0 Å². The molecule has 0 saturated heterocycles. The SMILES string of the molecule is Sc1ccc(-c2ccc(-c3ccc(S)cc3)cc2)cc1. The molecule has 0 spiro atoms. The Kier molecular flexibility index (Phi) is 3.86. The van der Waals surface area contributed by atoms with Gasteiger partial charge in [-0.05, 0) is 46.5 Å². The van der Waals surface area contributed by atoms with Gasteiger partial charge in [-0.2, -0.15) is 0 Å². The lowest BCUT2D eigenvalue weighted by atomic mass is 10.0. The van der Waals surface area contributed by atoms with Crippen LogP contribution in [0.15, 0.2) is 82.6 Å². The van der Waals surface area contributed by atoms with Crippen LogP contribution in [-0.2, 0) is 0 Å². The van der Waals surface area contributed by atoms with E-state index in [-0.39, 0.29) is 0 Å². The molecule has 0 heterocycles. The molecule has 0 radical (unpaired) electrons. The molecule has 20 heavy (non-hydrogen) atoms. The molecule has 0 fully saturated rings. The summed E-state index contributed by atoms with van der Waals surface area (Å²) in [4.78, 5) is 1.97. The van der Waals surface area contributed by atoms with Crippen LogP contribution in [0.1, 0.15) is 0 Å². The van der Waals surface area contributed by atoms with E-state index in [0.29, 0.717) is 0 Å². The molecule has 3 aromatic rings. The fourth-order valence-corrected chi connectivity index (χ4v) is 2.46. The lowest BCUT2D eigenvalue weighted by molar-refractivity contribution is 1.46. The Bertz CT molecular complexity index is 631. The molecule has 3 aromatic carbocycles. The second-order valence-electron chi connectivity index (χ2n) is 4.67. The standard InChI is InChI=1S/C18H14S2/c19-17-9-5-15(6-10-17)13-1-2-14(4-3-13)16-7-11-18(20)12-8-16/h1-12,19-20H. The molecule has 0 unspecified atom stereocenters. The monoisotopic (exact) mass is 294 g/mol. The van der Waals surface area contributed by atoms with Crippen LogP contribution in [0.5, 0.6) is 0 Å². The summed E-state index contributed by atoms with van der Waals surface area (Å²) in [5.41, 5.74) is 4.85. The summed E-state index contributed by atoms with van der Waals surface area (Å²) in [7, 11) is 0. The molecule has 0 aliphatic carbocycles. The molecular formula is C18H14S2. The van der Waals surface area contributed by atoms with Gasteiger partial charge in [0.1, 0.15) is 0 Å². The highest BCUT2D eigenvalue weighted by molar-refractivity contribution is 7.80. The van der Waals surface area contributed by atoms with Gasteiger partial charge in [0.2, 0.25) is 0 Å². The number of hydrogen-bond acceptors (Lipinski definition) is 2. The van der Waals surface area contributed by atoms with E-state index in [9.17, 15) is 0 Å². The van der Waals surface area contributed by atoms with Crippen molar-refractivity contribution in [1.82, 2.24) is 0 Å². The highest BCUT2D eigenvalue weighted by Gasteiger charge is 2.00. The van der Waals surface area contributed by atoms with E-state index in [0.717, 1.165) is 9.79 Å². The van der Waals surface area contributed by atoms with Gasteiger partial charge >= 0.3 is 0 Å². The van der Waals surface area contributed by atoms with Crippen molar-refractivity contribution in [3.8, 4) is 22.3 Å². The highest BCUT2D eigenvalue weighted by Crippen LogP contribution is 2.26. The van der Waals surface area contributed by atoms with Crippen molar-refractivity contribution in [3.05, 3.63) is 72.8 Å². The molecule has 0 aliphatic heterocycles. The second-order valence-corrected chi connectivity index (χ2v) is 5.70. The molecule has 98 valence electrons. The van der Waals surface area contributed by atoms with Gasteiger partial charge in [0.25, 0.3) is 0 Å². The number of benzene rings is 3. The van der Waals surface area contributed by atoms with Crippen LogP contribution in [0, 0.1) is 0 Å². The van der Waals surface area contributed by atoms with Gasteiger partial charge < -0.3 is 0 Å². The Balaban J connectivity index is 1.91.